The molecule has 1 aliphatic carbocycles. The number of hydrogen-bond donors (Lipinski definition) is 1. The molecule has 8 heteroatoms. The maximum atomic E-state index is 13.5. The van der Waals surface area contributed by atoms with E-state index in [0.29, 0.717) is 22.8 Å². The van der Waals surface area contributed by atoms with E-state index < -0.39 is 12.0 Å². The molecule has 3 fully saturated rings. The van der Waals surface area contributed by atoms with E-state index in [1.165, 1.54) is 0 Å². The van der Waals surface area contributed by atoms with Gasteiger partial charge in [-0.3, -0.25) is 4.90 Å². The zero-order chi connectivity index (χ0) is 21.6. The van der Waals surface area contributed by atoms with Crippen LogP contribution in [0.25, 0.3) is 10.9 Å². The van der Waals surface area contributed by atoms with Crippen molar-refractivity contribution in [3.63, 3.8) is 0 Å². The van der Waals surface area contributed by atoms with E-state index in [9.17, 15) is 18.3 Å². The molecule has 2 saturated heterocycles. The quantitative estimate of drug-likeness (QED) is 0.766. The number of halogens is 3. The summed E-state index contributed by atoms with van der Waals surface area (Å²) in [4.78, 5) is 12.4. The summed E-state index contributed by atoms with van der Waals surface area (Å²) in [6.07, 6.45) is 2.20. The van der Waals surface area contributed by atoms with Gasteiger partial charge < -0.3 is 10.0 Å². The van der Waals surface area contributed by atoms with Gasteiger partial charge in [-0.05, 0) is 63.6 Å². The number of anilines is 1. The summed E-state index contributed by atoms with van der Waals surface area (Å²) in [5.41, 5.74) is 0.437. The minimum absolute atomic E-state index is 0.0960. The number of likely N-dealkylation sites (tertiary alicyclic amines) is 1. The monoisotopic (exact) mass is 434 g/mol. The zero-order valence-corrected chi connectivity index (χ0v) is 17.6. The normalized spacial score (nSPS) is 30.4. The van der Waals surface area contributed by atoms with Crippen molar-refractivity contribution < 1.29 is 18.3 Å². The van der Waals surface area contributed by atoms with E-state index in [1.54, 1.807) is 12.1 Å². The van der Waals surface area contributed by atoms with Crippen LogP contribution in [0.2, 0.25) is 0 Å². The van der Waals surface area contributed by atoms with Crippen LogP contribution in [-0.4, -0.2) is 58.3 Å². The lowest BCUT2D eigenvalue weighted by Gasteiger charge is -2.42. The summed E-state index contributed by atoms with van der Waals surface area (Å²) < 4.78 is 40.4. The maximum absolute atomic E-state index is 13.5. The standard InChI is InChI=1S/C23H29F3N4O/c24-23(25,26)21-27-19-5-2-1-4-18(19)20(28-21)30-12-3-10-22(15-30)11-13-29(14-22)16-6-8-17(31)9-7-16/h1-2,4-5,16-17,31H,3,6-15H2/t16-,17-,22-/m1/s1. The van der Waals surface area contributed by atoms with Gasteiger partial charge in [0.15, 0.2) is 0 Å². The highest BCUT2D eigenvalue weighted by atomic mass is 19.4. The average Bonchev–Trinajstić information content (AvgIpc) is 3.15. The Kier molecular flexibility index (Phi) is 5.33. The first kappa shape index (κ1) is 20.9. The van der Waals surface area contributed by atoms with Gasteiger partial charge in [0.2, 0.25) is 5.82 Å². The Labute approximate surface area is 180 Å². The Morgan fingerprint density at radius 3 is 2.52 bits per heavy atom. The average molecular weight is 435 g/mol. The number of aliphatic hydroxyl groups is 1. The number of alkyl halides is 3. The van der Waals surface area contributed by atoms with E-state index in [2.05, 4.69) is 19.8 Å². The van der Waals surface area contributed by atoms with Crippen molar-refractivity contribution >= 4 is 16.7 Å². The molecule has 0 amide bonds. The lowest BCUT2D eigenvalue weighted by Crippen LogP contribution is -2.47. The second kappa shape index (κ2) is 7.89. The van der Waals surface area contributed by atoms with Gasteiger partial charge in [0, 0.05) is 36.5 Å². The van der Waals surface area contributed by atoms with Crippen molar-refractivity contribution in [2.24, 2.45) is 5.41 Å². The van der Waals surface area contributed by atoms with Crippen molar-refractivity contribution in [1.29, 1.82) is 0 Å². The molecule has 1 N–H and O–H groups in total. The summed E-state index contributed by atoms with van der Waals surface area (Å²) in [6, 6.07) is 7.52. The number of aliphatic hydroxyl groups excluding tert-OH is 1. The minimum Gasteiger partial charge on any atom is -0.393 e. The molecule has 0 radical (unpaired) electrons. The molecule has 0 bridgehead atoms. The fourth-order valence-electron chi connectivity index (χ4n) is 5.85. The first-order valence-corrected chi connectivity index (χ1v) is 11.3. The number of hydrogen-bond acceptors (Lipinski definition) is 5. The molecule has 5 nitrogen and oxygen atoms in total. The minimum atomic E-state index is -4.57. The Bertz CT molecular complexity index is 944. The van der Waals surface area contributed by atoms with Crippen LogP contribution in [0.15, 0.2) is 24.3 Å². The largest absolute Gasteiger partial charge is 0.451 e. The number of para-hydroxylation sites is 1. The van der Waals surface area contributed by atoms with E-state index in [4.69, 9.17) is 0 Å². The molecule has 3 aliphatic rings. The van der Waals surface area contributed by atoms with Crippen LogP contribution in [0.5, 0.6) is 0 Å². The summed E-state index contributed by atoms with van der Waals surface area (Å²) >= 11 is 0. The third-order valence-corrected chi connectivity index (χ3v) is 7.45. The van der Waals surface area contributed by atoms with Gasteiger partial charge in [0.25, 0.3) is 0 Å². The Morgan fingerprint density at radius 1 is 0.968 bits per heavy atom. The Morgan fingerprint density at radius 2 is 1.74 bits per heavy atom. The van der Waals surface area contributed by atoms with Crippen molar-refractivity contribution in [3.05, 3.63) is 30.1 Å². The smallest absolute Gasteiger partial charge is 0.393 e. The van der Waals surface area contributed by atoms with Crippen LogP contribution in [-0.2, 0) is 6.18 Å². The van der Waals surface area contributed by atoms with E-state index in [0.717, 1.165) is 71.1 Å². The first-order valence-electron chi connectivity index (χ1n) is 11.3. The fourth-order valence-corrected chi connectivity index (χ4v) is 5.85. The van der Waals surface area contributed by atoms with Crippen LogP contribution in [0, 0.1) is 5.41 Å². The van der Waals surface area contributed by atoms with Crippen molar-refractivity contribution in [2.45, 2.75) is 63.3 Å². The van der Waals surface area contributed by atoms with Crippen LogP contribution in [0.1, 0.15) is 50.8 Å². The molecule has 1 spiro atoms. The molecular formula is C23H29F3N4O. The molecule has 0 unspecified atom stereocenters. The lowest BCUT2D eigenvalue weighted by atomic mass is 9.79. The zero-order valence-electron chi connectivity index (χ0n) is 17.6. The first-order chi connectivity index (χ1) is 14.8. The van der Waals surface area contributed by atoms with Crippen LogP contribution in [0.4, 0.5) is 19.0 Å². The fraction of sp³-hybridized carbons (Fsp3) is 0.652. The molecular weight excluding hydrogens is 405 g/mol. The Balaban J connectivity index is 1.40. The summed E-state index contributed by atoms with van der Waals surface area (Å²) in [5, 5.41) is 10.5. The van der Waals surface area contributed by atoms with Crippen molar-refractivity contribution in [2.75, 3.05) is 31.1 Å². The van der Waals surface area contributed by atoms with Crippen LogP contribution < -0.4 is 4.90 Å². The molecule has 1 saturated carbocycles. The Hall–Kier alpha value is -1.93. The topological polar surface area (TPSA) is 52.5 Å². The molecule has 168 valence electrons. The number of rotatable bonds is 2. The second-order valence-electron chi connectivity index (χ2n) is 9.59. The number of aromatic nitrogens is 2. The summed E-state index contributed by atoms with van der Waals surface area (Å²) in [6.45, 7) is 3.47. The third-order valence-electron chi connectivity index (χ3n) is 7.45. The maximum Gasteiger partial charge on any atom is 0.451 e. The van der Waals surface area contributed by atoms with Crippen LogP contribution in [0.3, 0.4) is 0 Å². The second-order valence-corrected chi connectivity index (χ2v) is 9.59. The molecule has 5 rings (SSSR count). The van der Waals surface area contributed by atoms with Gasteiger partial charge in [0.05, 0.1) is 11.6 Å². The van der Waals surface area contributed by atoms with Gasteiger partial charge in [-0.15, -0.1) is 0 Å². The van der Waals surface area contributed by atoms with E-state index >= 15 is 0 Å². The van der Waals surface area contributed by atoms with Crippen molar-refractivity contribution in [1.82, 2.24) is 14.9 Å². The molecule has 31 heavy (non-hydrogen) atoms. The van der Waals surface area contributed by atoms with E-state index in [-0.39, 0.29) is 11.5 Å². The van der Waals surface area contributed by atoms with Gasteiger partial charge in [-0.2, -0.15) is 13.2 Å². The van der Waals surface area contributed by atoms with Crippen molar-refractivity contribution in [3.8, 4) is 0 Å². The molecule has 3 heterocycles. The molecule has 2 aromatic rings. The van der Waals surface area contributed by atoms with E-state index in [1.807, 2.05) is 12.1 Å². The predicted octanol–water partition coefficient (Wildman–Crippen LogP) is 4.24. The number of nitrogens with zero attached hydrogens (tertiary/aromatic N) is 4. The molecule has 1 aromatic heterocycles. The number of piperidine rings is 1. The van der Waals surface area contributed by atoms with Gasteiger partial charge in [0.1, 0.15) is 5.82 Å². The third kappa shape index (κ3) is 4.12. The highest BCUT2D eigenvalue weighted by Gasteiger charge is 2.44. The lowest BCUT2D eigenvalue weighted by molar-refractivity contribution is -0.144. The number of fused-ring (bicyclic) bond motifs is 1. The predicted molar refractivity (Wildman–Crippen MR) is 113 cm³/mol. The molecule has 2 aliphatic heterocycles. The molecule has 1 aromatic carbocycles. The highest BCUT2D eigenvalue weighted by Crippen LogP contribution is 2.43. The van der Waals surface area contributed by atoms with Gasteiger partial charge in [-0.25, -0.2) is 9.97 Å². The summed E-state index contributed by atoms with van der Waals surface area (Å²) in [7, 11) is 0. The molecule has 1 atom stereocenters. The van der Waals surface area contributed by atoms with Gasteiger partial charge >= 0.3 is 6.18 Å². The SMILES string of the molecule is O[C@H]1CC[C@H](N2CC[C@]3(CCCN(c4nc(C(F)(F)F)nc5ccccc45)C3)C2)CC1. The number of benzene rings is 1. The van der Waals surface area contributed by atoms with Crippen LogP contribution >= 0.6 is 0 Å². The summed E-state index contributed by atoms with van der Waals surface area (Å²) in [5.74, 6) is -0.647. The van der Waals surface area contributed by atoms with Gasteiger partial charge in [-0.1, -0.05) is 12.1 Å². The highest BCUT2D eigenvalue weighted by molar-refractivity contribution is 5.89.